The Bertz CT molecular complexity index is 640. The van der Waals surface area contributed by atoms with Crippen LogP contribution in [0, 0.1) is 0 Å². The number of nitrogens with one attached hydrogen (secondary N) is 1. The predicted molar refractivity (Wildman–Crippen MR) is 81.2 cm³/mol. The monoisotopic (exact) mass is 306 g/mol. The Hall–Kier alpha value is -2.18. The highest BCUT2D eigenvalue weighted by atomic mass is 35.5. The highest BCUT2D eigenvalue weighted by Gasteiger charge is 2.24. The van der Waals surface area contributed by atoms with Gasteiger partial charge in [0.15, 0.2) is 0 Å². The topological polar surface area (TPSA) is 87.8 Å². The van der Waals surface area contributed by atoms with Crippen molar-refractivity contribution in [3.05, 3.63) is 40.4 Å². The SMILES string of the molecule is CC1=NN(CC(=O)NN)C(=O)C/C1=C\c1ccccc1Cl. The fourth-order valence-corrected chi connectivity index (χ4v) is 2.11. The molecule has 0 radical (unpaired) electrons. The number of hydrazone groups is 1. The first-order valence-corrected chi connectivity index (χ1v) is 6.69. The lowest BCUT2D eigenvalue weighted by Gasteiger charge is -2.23. The molecule has 0 unspecified atom stereocenters. The van der Waals surface area contributed by atoms with E-state index in [0.29, 0.717) is 10.7 Å². The summed E-state index contributed by atoms with van der Waals surface area (Å²) in [6.07, 6.45) is 2.00. The molecule has 2 amide bonds. The number of nitrogens with zero attached hydrogens (tertiary/aromatic N) is 2. The lowest BCUT2D eigenvalue weighted by Crippen LogP contribution is -2.42. The van der Waals surface area contributed by atoms with Crippen LogP contribution in [0.25, 0.3) is 6.08 Å². The van der Waals surface area contributed by atoms with Crippen LogP contribution in [0.3, 0.4) is 0 Å². The molecule has 0 atom stereocenters. The summed E-state index contributed by atoms with van der Waals surface area (Å²) in [5.41, 5.74) is 4.24. The molecule has 1 aromatic rings. The number of amides is 2. The van der Waals surface area contributed by atoms with Crippen LogP contribution < -0.4 is 11.3 Å². The molecule has 1 aromatic carbocycles. The van der Waals surface area contributed by atoms with Crippen LogP contribution in [0.2, 0.25) is 5.02 Å². The maximum atomic E-state index is 12.0. The molecule has 110 valence electrons. The molecule has 0 saturated heterocycles. The van der Waals surface area contributed by atoms with Gasteiger partial charge in [-0.15, -0.1) is 0 Å². The van der Waals surface area contributed by atoms with Gasteiger partial charge in [0.05, 0.1) is 12.1 Å². The summed E-state index contributed by atoms with van der Waals surface area (Å²) in [5, 5.41) is 5.85. The van der Waals surface area contributed by atoms with Crippen LogP contribution in [0.4, 0.5) is 0 Å². The lowest BCUT2D eigenvalue weighted by molar-refractivity contribution is -0.135. The molecule has 3 N–H and O–H groups in total. The molecule has 1 aliphatic rings. The highest BCUT2D eigenvalue weighted by molar-refractivity contribution is 6.32. The molecule has 0 bridgehead atoms. The smallest absolute Gasteiger partial charge is 0.255 e. The molecule has 1 heterocycles. The summed E-state index contributed by atoms with van der Waals surface area (Å²) >= 11 is 6.10. The normalized spacial score (nSPS) is 16.9. The average Bonchev–Trinajstić information content (AvgIpc) is 2.46. The molecule has 0 fully saturated rings. The Kier molecular flexibility index (Phi) is 4.72. The number of benzene rings is 1. The first kappa shape index (κ1) is 15.2. The van der Waals surface area contributed by atoms with Crippen LogP contribution in [-0.4, -0.2) is 29.1 Å². The van der Waals surface area contributed by atoms with E-state index in [9.17, 15) is 9.59 Å². The predicted octanol–water partition coefficient (Wildman–Crippen LogP) is 1.32. The number of halogens is 1. The fraction of sp³-hybridized carbons (Fsp3) is 0.214. The molecule has 21 heavy (non-hydrogen) atoms. The van der Waals surface area contributed by atoms with Gasteiger partial charge in [-0.3, -0.25) is 15.0 Å². The summed E-state index contributed by atoms with van der Waals surface area (Å²) in [4.78, 5) is 23.2. The number of hydrogen-bond acceptors (Lipinski definition) is 4. The summed E-state index contributed by atoms with van der Waals surface area (Å²) in [6.45, 7) is 1.59. The summed E-state index contributed by atoms with van der Waals surface area (Å²) in [5.74, 6) is 4.27. The van der Waals surface area contributed by atoms with E-state index in [1.165, 1.54) is 0 Å². The van der Waals surface area contributed by atoms with Gasteiger partial charge in [0.25, 0.3) is 5.91 Å². The number of carbonyl (C=O) groups excluding carboxylic acids is 2. The van der Waals surface area contributed by atoms with Crippen molar-refractivity contribution < 1.29 is 9.59 Å². The number of hydrogen-bond donors (Lipinski definition) is 2. The van der Waals surface area contributed by atoms with Crippen molar-refractivity contribution >= 4 is 35.2 Å². The van der Waals surface area contributed by atoms with Gasteiger partial charge in [-0.1, -0.05) is 29.8 Å². The van der Waals surface area contributed by atoms with Gasteiger partial charge in [-0.2, -0.15) is 5.10 Å². The number of rotatable bonds is 3. The van der Waals surface area contributed by atoms with E-state index < -0.39 is 5.91 Å². The Morgan fingerprint density at radius 2 is 2.24 bits per heavy atom. The van der Waals surface area contributed by atoms with Crippen molar-refractivity contribution in [2.24, 2.45) is 10.9 Å². The Labute approximate surface area is 127 Å². The summed E-state index contributed by atoms with van der Waals surface area (Å²) in [7, 11) is 0. The van der Waals surface area contributed by atoms with E-state index >= 15 is 0 Å². The van der Waals surface area contributed by atoms with Crippen LogP contribution in [0.1, 0.15) is 18.9 Å². The third-order valence-electron chi connectivity index (χ3n) is 3.05. The van der Waals surface area contributed by atoms with Crippen molar-refractivity contribution in [1.29, 1.82) is 0 Å². The van der Waals surface area contributed by atoms with Gasteiger partial charge in [-0.05, 0) is 30.2 Å². The van der Waals surface area contributed by atoms with Gasteiger partial charge in [-0.25, -0.2) is 10.9 Å². The lowest BCUT2D eigenvalue weighted by atomic mass is 10.0. The maximum Gasteiger partial charge on any atom is 0.255 e. The molecule has 6 nitrogen and oxygen atoms in total. The number of hydrazine groups is 1. The van der Waals surface area contributed by atoms with E-state index in [0.717, 1.165) is 16.1 Å². The molecule has 1 aliphatic heterocycles. The third-order valence-corrected chi connectivity index (χ3v) is 3.40. The minimum Gasteiger partial charge on any atom is -0.293 e. The zero-order valence-corrected chi connectivity index (χ0v) is 12.2. The summed E-state index contributed by atoms with van der Waals surface area (Å²) < 4.78 is 0. The number of carbonyl (C=O) groups is 2. The molecule has 0 saturated carbocycles. The van der Waals surface area contributed by atoms with Crippen LogP contribution in [0.5, 0.6) is 0 Å². The standard InChI is InChI=1S/C14H15ClN4O2/c1-9-11(6-10-4-2-3-5-12(10)15)7-14(21)19(18-9)8-13(20)17-16/h2-6H,7-8,16H2,1H3,(H,17,20)/b11-6+. The van der Waals surface area contributed by atoms with Crippen LogP contribution >= 0.6 is 11.6 Å². The Morgan fingerprint density at radius 3 is 2.90 bits per heavy atom. The van der Waals surface area contributed by atoms with Crippen molar-refractivity contribution in [3.8, 4) is 0 Å². The van der Waals surface area contributed by atoms with E-state index in [4.69, 9.17) is 17.4 Å². The van der Waals surface area contributed by atoms with Crippen molar-refractivity contribution in [2.75, 3.05) is 6.54 Å². The molecule has 2 rings (SSSR count). The summed E-state index contributed by atoms with van der Waals surface area (Å²) in [6, 6.07) is 7.35. The quantitative estimate of drug-likeness (QED) is 0.501. The molecule has 0 spiro atoms. The van der Waals surface area contributed by atoms with Gasteiger partial charge >= 0.3 is 0 Å². The maximum absolute atomic E-state index is 12.0. The molecular formula is C14H15ClN4O2. The second kappa shape index (κ2) is 6.51. The van der Waals surface area contributed by atoms with Crippen LogP contribution in [0.15, 0.2) is 34.9 Å². The fourth-order valence-electron chi connectivity index (χ4n) is 1.92. The van der Waals surface area contributed by atoms with E-state index in [2.05, 4.69) is 5.10 Å². The zero-order chi connectivity index (χ0) is 15.4. The van der Waals surface area contributed by atoms with Crippen molar-refractivity contribution in [1.82, 2.24) is 10.4 Å². The minimum atomic E-state index is -0.474. The van der Waals surface area contributed by atoms with Gasteiger partial charge < -0.3 is 0 Å². The molecule has 0 aromatic heterocycles. The van der Waals surface area contributed by atoms with Crippen molar-refractivity contribution in [2.45, 2.75) is 13.3 Å². The molecular weight excluding hydrogens is 292 g/mol. The average molecular weight is 307 g/mol. The third kappa shape index (κ3) is 3.68. The van der Waals surface area contributed by atoms with E-state index in [1.807, 2.05) is 29.7 Å². The largest absolute Gasteiger partial charge is 0.293 e. The van der Waals surface area contributed by atoms with E-state index in [-0.39, 0.29) is 18.9 Å². The van der Waals surface area contributed by atoms with Crippen molar-refractivity contribution in [3.63, 3.8) is 0 Å². The second-order valence-corrected chi connectivity index (χ2v) is 4.98. The van der Waals surface area contributed by atoms with Gasteiger partial charge in [0.1, 0.15) is 6.54 Å². The molecule has 0 aliphatic carbocycles. The van der Waals surface area contributed by atoms with Crippen LogP contribution in [-0.2, 0) is 9.59 Å². The first-order chi connectivity index (χ1) is 10.0. The van der Waals surface area contributed by atoms with E-state index in [1.54, 1.807) is 13.0 Å². The zero-order valence-electron chi connectivity index (χ0n) is 11.5. The minimum absolute atomic E-state index is 0.165. The highest BCUT2D eigenvalue weighted by Crippen LogP contribution is 2.22. The number of nitrogens with two attached hydrogens (primary N) is 1. The first-order valence-electron chi connectivity index (χ1n) is 6.31. The van der Waals surface area contributed by atoms with Gasteiger partial charge in [0, 0.05) is 5.02 Å². The Morgan fingerprint density at radius 1 is 1.52 bits per heavy atom. The Balaban J connectivity index is 2.25. The second-order valence-electron chi connectivity index (χ2n) is 4.57. The van der Waals surface area contributed by atoms with Gasteiger partial charge in [0.2, 0.25) is 5.91 Å². The molecule has 7 heteroatoms.